The van der Waals surface area contributed by atoms with E-state index in [1.165, 1.54) is 24.3 Å². The molecule has 0 heterocycles. The van der Waals surface area contributed by atoms with Crippen LogP contribution in [-0.4, -0.2) is 33.3 Å². The maximum Gasteiger partial charge on any atom is 0.262 e. The quantitative estimate of drug-likeness (QED) is 0.576. The zero-order chi connectivity index (χ0) is 21.4. The van der Waals surface area contributed by atoms with E-state index in [2.05, 4.69) is 21.3 Å². The number of sulfonamides is 1. The van der Waals surface area contributed by atoms with Gasteiger partial charge in [0, 0.05) is 24.2 Å². The van der Waals surface area contributed by atoms with Gasteiger partial charge >= 0.3 is 0 Å². The molecule has 0 aromatic heterocycles. The van der Waals surface area contributed by atoms with Crippen molar-refractivity contribution in [3.63, 3.8) is 0 Å². The Morgan fingerprint density at radius 1 is 1.03 bits per heavy atom. The Morgan fingerprint density at radius 3 is 2.38 bits per heavy atom. The number of carbonyl (C=O) groups excluding carboxylic acids is 2. The van der Waals surface area contributed by atoms with E-state index in [-0.39, 0.29) is 36.2 Å². The van der Waals surface area contributed by atoms with Gasteiger partial charge in [-0.05, 0) is 55.3 Å². The van der Waals surface area contributed by atoms with Gasteiger partial charge in [0.15, 0.2) is 0 Å². The van der Waals surface area contributed by atoms with Crippen LogP contribution in [0.15, 0.2) is 47.4 Å². The molecule has 0 fully saturated rings. The van der Waals surface area contributed by atoms with Crippen molar-refractivity contribution in [2.45, 2.75) is 25.2 Å². The van der Waals surface area contributed by atoms with Crippen LogP contribution in [0.5, 0.6) is 0 Å². The van der Waals surface area contributed by atoms with Crippen molar-refractivity contribution < 1.29 is 18.0 Å². The first-order chi connectivity index (χ1) is 13.7. The maximum atomic E-state index is 12.6. The number of nitrogens with one attached hydrogen (secondary N) is 3. The van der Waals surface area contributed by atoms with E-state index in [1.54, 1.807) is 19.1 Å². The highest BCUT2D eigenvalue weighted by Gasteiger charge is 2.17. The number of carbonyl (C=O) groups is 2. The molecule has 0 atom stereocenters. The Labute approximate surface area is 171 Å². The fraction of sp³-hybridized carbons (Fsp3) is 0.238. The molecular formula is C21H23N3O4S. The van der Waals surface area contributed by atoms with Crippen LogP contribution < -0.4 is 15.4 Å². The molecule has 2 amide bonds. The maximum absolute atomic E-state index is 12.6. The molecule has 0 saturated carbocycles. The van der Waals surface area contributed by atoms with Gasteiger partial charge in [-0.25, -0.2) is 8.42 Å². The van der Waals surface area contributed by atoms with Gasteiger partial charge in [0.2, 0.25) is 5.91 Å². The molecule has 7 nitrogen and oxygen atoms in total. The van der Waals surface area contributed by atoms with Gasteiger partial charge in [0.1, 0.15) is 0 Å². The molecule has 0 radical (unpaired) electrons. The fourth-order valence-electron chi connectivity index (χ4n) is 2.53. The first kappa shape index (κ1) is 22.0. The smallest absolute Gasteiger partial charge is 0.262 e. The van der Waals surface area contributed by atoms with Gasteiger partial charge in [-0.3, -0.25) is 14.3 Å². The summed E-state index contributed by atoms with van der Waals surface area (Å²) in [6.45, 7) is 3.86. The van der Waals surface area contributed by atoms with E-state index < -0.39 is 10.0 Å². The molecule has 0 aliphatic heterocycles. The minimum absolute atomic E-state index is 0.112. The van der Waals surface area contributed by atoms with Crippen LogP contribution in [0.25, 0.3) is 0 Å². The summed E-state index contributed by atoms with van der Waals surface area (Å²) in [5.41, 5.74) is 2.18. The minimum atomic E-state index is -3.74. The van der Waals surface area contributed by atoms with Crippen molar-refractivity contribution in [3.05, 3.63) is 59.2 Å². The molecule has 2 aromatic rings. The number of anilines is 1. The number of terminal acetylenes is 1. The highest BCUT2D eigenvalue weighted by Crippen LogP contribution is 2.21. The molecular weight excluding hydrogens is 390 g/mol. The highest BCUT2D eigenvalue weighted by molar-refractivity contribution is 7.92. The predicted molar refractivity (Wildman–Crippen MR) is 112 cm³/mol. The third kappa shape index (κ3) is 6.36. The Balaban J connectivity index is 1.97. The normalized spacial score (nSPS) is 10.7. The third-order valence-electron chi connectivity index (χ3n) is 4.06. The van der Waals surface area contributed by atoms with Crippen molar-refractivity contribution in [1.82, 2.24) is 10.6 Å². The summed E-state index contributed by atoms with van der Waals surface area (Å²) in [5.74, 6) is 1.68. The second-order valence-corrected chi connectivity index (χ2v) is 8.09. The van der Waals surface area contributed by atoms with Crippen molar-refractivity contribution in [2.75, 3.05) is 17.8 Å². The van der Waals surface area contributed by atoms with Gasteiger partial charge < -0.3 is 10.6 Å². The van der Waals surface area contributed by atoms with Crippen LogP contribution in [0.1, 0.15) is 27.9 Å². The monoisotopic (exact) mass is 413 g/mol. The number of hydrogen-bond donors (Lipinski definition) is 3. The van der Waals surface area contributed by atoms with Crippen LogP contribution >= 0.6 is 0 Å². The number of benzene rings is 2. The van der Waals surface area contributed by atoms with Crippen molar-refractivity contribution in [3.8, 4) is 12.3 Å². The summed E-state index contributed by atoms with van der Waals surface area (Å²) in [7, 11) is -3.74. The second kappa shape index (κ2) is 9.75. The third-order valence-corrected chi connectivity index (χ3v) is 5.58. The van der Waals surface area contributed by atoms with Gasteiger partial charge in [-0.15, -0.1) is 6.42 Å². The van der Waals surface area contributed by atoms with Gasteiger partial charge in [0.05, 0.1) is 11.4 Å². The molecule has 0 aliphatic rings. The Hall–Kier alpha value is -3.31. The lowest BCUT2D eigenvalue weighted by atomic mass is 10.2. The van der Waals surface area contributed by atoms with E-state index in [0.717, 1.165) is 5.56 Å². The van der Waals surface area contributed by atoms with Crippen LogP contribution in [0, 0.1) is 26.2 Å². The average Bonchev–Trinajstić information content (AvgIpc) is 2.68. The van der Waals surface area contributed by atoms with Gasteiger partial charge in [-0.2, -0.15) is 0 Å². The Kier molecular flexibility index (Phi) is 7.39. The number of hydrogen-bond acceptors (Lipinski definition) is 4. The molecule has 3 N–H and O–H groups in total. The second-order valence-electron chi connectivity index (χ2n) is 6.44. The van der Waals surface area contributed by atoms with Crippen molar-refractivity contribution in [2.24, 2.45) is 0 Å². The molecule has 0 aliphatic carbocycles. The summed E-state index contributed by atoms with van der Waals surface area (Å²) in [6.07, 6.45) is 5.16. The molecule has 0 unspecified atom stereocenters. The molecule has 8 heteroatoms. The lowest BCUT2D eigenvalue weighted by molar-refractivity contribution is -0.120. The summed E-state index contributed by atoms with van der Waals surface area (Å²) < 4.78 is 27.8. The van der Waals surface area contributed by atoms with Crippen LogP contribution in [-0.2, 0) is 14.8 Å². The first-order valence-corrected chi connectivity index (χ1v) is 10.4. The standard InChI is InChI=1S/C21H23N3O4S/c1-4-12-22-20(25)11-13-23-21(26)17-7-9-18(10-8-17)24-29(27,28)19-14-15(2)5-6-16(19)3/h1,5-10,14,24H,11-13H2,2-3H3,(H,22,25)(H,23,26). The Morgan fingerprint density at radius 2 is 1.72 bits per heavy atom. The summed E-state index contributed by atoms with van der Waals surface area (Å²) in [4.78, 5) is 23.8. The van der Waals surface area contributed by atoms with Crippen molar-refractivity contribution >= 4 is 27.5 Å². The van der Waals surface area contributed by atoms with Crippen LogP contribution in [0.2, 0.25) is 0 Å². The average molecular weight is 413 g/mol. The number of amides is 2. The van der Waals surface area contributed by atoms with E-state index in [4.69, 9.17) is 6.42 Å². The van der Waals surface area contributed by atoms with E-state index in [0.29, 0.717) is 16.8 Å². The largest absolute Gasteiger partial charge is 0.352 e. The van der Waals surface area contributed by atoms with E-state index in [9.17, 15) is 18.0 Å². The van der Waals surface area contributed by atoms with Crippen LogP contribution in [0.4, 0.5) is 5.69 Å². The minimum Gasteiger partial charge on any atom is -0.352 e. The fourth-order valence-corrected chi connectivity index (χ4v) is 3.92. The highest BCUT2D eigenvalue weighted by atomic mass is 32.2. The van der Waals surface area contributed by atoms with Crippen molar-refractivity contribution in [1.29, 1.82) is 0 Å². The molecule has 29 heavy (non-hydrogen) atoms. The predicted octanol–water partition coefficient (Wildman–Crippen LogP) is 1.97. The van der Waals surface area contributed by atoms with E-state index >= 15 is 0 Å². The summed E-state index contributed by atoms with van der Waals surface area (Å²) in [6, 6.07) is 11.3. The number of rotatable bonds is 8. The lowest BCUT2D eigenvalue weighted by Crippen LogP contribution is -2.30. The zero-order valence-electron chi connectivity index (χ0n) is 16.3. The topological polar surface area (TPSA) is 104 Å². The SMILES string of the molecule is C#CCNC(=O)CCNC(=O)c1ccc(NS(=O)(=O)c2cc(C)ccc2C)cc1. The van der Waals surface area contributed by atoms with E-state index in [1.807, 2.05) is 13.0 Å². The molecule has 0 saturated heterocycles. The molecule has 2 aromatic carbocycles. The zero-order valence-corrected chi connectivity index (χ0v) is 17.1. The molecule has 0 spiro atoms. The van der Waals surface area contributed by atoms with Gasteiger partial charge in [0.25, 0.3) is 15.9 Å². The summed E-state index contributed by atoms with van der Waals surface area (Å²) >= 11 is 0. The molecule has 0 bridgehead atoms. The van der Waals surface area contributed by atoms with Gasteiger partial charge in [-0.1, -0.05) is 18.1 Å². The van der Waals surface area contributed by atoms with Crippen LogP contribution in [0.3, 0.4) is 0 Å². The number of aryl methyl sites for hydroxylation is 2. The first-order valence-electron chi connectivity index (χ1n) is 8.91. The Bertz CT molecular complexity index is 1040. The lowest BCUT2D eigenvalue weighted by Gasteiger charge is -2.12. The molecule has 2 rings (SSSR count). The molecule has 152 valence electrons. The summed E-state index contributed by atoms with van der Waals surface area (Å²) in [5, 5.41) is 5.13.